The third kappa shape index (κ3) is 6.41. The Kier molecular flexibility index (Phi) is 9.03. The third-order valence-corrected chi connectivity index (χ3v) is 6.02. The molecule has 3 aromatic rings. The van der Waals surface area contributed by atoms with Gasteiger partial charge in [-0.05, 0) is 42.8 Å². The van der Waals surface area contributed by atoms with E-state index in [9.17, 15) is 19.2 Å². The minimum atomic E-state index is -0.905. The maximum Gasteiger partial charge on any atom is 0.335 e. The SMILES string of the molecule is CCCOc1ccc(N2C(=O)NC(=O)/C(=C/c3ccccc3OCC(=O)Nc3ccccc3Cl)C2=O)cc1OC. The number of urea groups is 1. The van der Waals surface area contributed by atoms with Crippen LogP contribution in [0.3, 0.4) is 0 Å². The van der Waals surface area contributed by atoms with Gasteiger partial charge in [-0.15, -0.1) is 0 Å². The molecule has 0 atom stereocenters. The first kappa shape index (κ1) is 28.2. The average Bonchev–Trinajstić information content (AvgIpc) is 2.95. The molecule has 2 N–H and O–H groups in total. The summed E-state index contributed by atoms with van der Waals surface area (Å²) in [5.74, 6) is -1.15. The molecule has 0 bridgehead atoms. The van der Waals surface area contributed by atoms with Gasteiger partial charge in [0.2, 0.25) is 0 Å². The summed E-state index contributed by atoms with van der Waals surface area (Å²) in [6, 6.07) is 17.0. The van der Waals surface area contributed by atoms with E-state index in [2.05, 4.69) is 10.6 Å². The van der Waals surface area contributed by atoms with Crippen molar-refractivity contribution in [2.24, 2.45) is 0 Å². The summed E-state index contributed by atoms with van der Waals surface area (Å²) < 4.78 is 16.7. The van der Waals surface area contributed by atoms with E-state index in [1.165, 1.54) is 25.3 Å². The van der Waals surface area contributed by atoms with Crippen LogP contribution in [-0.2, 0) is 14.4 Å². The number of anilines is 2. The molecule has 1 saturated heterocycles. The summed E-state index contributed by atoms with van der Waals surface area (Å²) in [5, 5.41) is 5.22. The van der Waals surface area contributed by atoms with Crippen molar-refractivity contribution in [3.05, 3.63) is 82.9 Å². The molecule has 0 aliphatic carbocycles. The third-order valence-electron chi connectivity index (χ3n) is 5.69. The molecule has 0 aromatic heterocycles. The van der Waals surface area contributed by atoms with Crippen molar-refractivity contribution >= 4 is 52.8 Å². The Hall–Kier alpha value is -4.83. The van der Waals surface area contributed by atoms with Crippen molar-refractivity contribution in [1.29, 1.82) is 0 Å². The standard InChI is InChI=1S/C29H26ClN3O7/c1-3-14-39-24-13-12-19(16-25(24)38-2)33-28(36)20(27(35)32-29(33)37)15-18-8-4-7-11-23(18)40-17-26(34)31-22-10-6-5-9-21(22)30/h4-13,15-16H,3,14,17H2,1-2H3,(H,31,34)(H,32,35,37)/b20-15-. The van der Waals surface area contributed by atoms with Gasteiger partial charge in [0.05, 0.1) is 30.1 Å². The number of hydrogen-bond acceptors (Lipinski definition) is 7. The van der Waals surface area contributed by atoms with Crippen LogP contribution in [0.2, 0.25) is 5.02 Å². The van der Waals surface area contributed by atoms with Crippen LogP contribution in [0.1, 0.15) is 18.9 Å². The summed E-state index contributed by atoms with van der Waals surface area (Å²) in [6.45, 7) is 2.06. The number of barbiturate groups is 1. The van der Waals surface area contributed by atoms with Crippen LogP contribution in [-0.4, -0.2) is 44.1 Å². The molecular weight excluding hydrogens is 538 g/mol. The number of hydrogen-bond donors (Lipinski definition) is 2. The second-order valence-corrected chi connectivity index (χ2v) is 8.90. The number of imide groups is 2. The molecule has 40 heavy (non-hydrogen) atoms. The number of methoxy groups -OCH3 is 1. The molecule has 10 nitrogen and oxygen atoms in total. The van der Waals surface area contributed by atoms with Crippen molar-refractivity contribution in [3.63, 3.8) is 0 Å². The fourth-order valence-corrected chi connectivity index (χ4v) is 3.98. The van der Waals surface area contributed by atoms with Gasteiger partial charge in [-0.3, -0.25) is 19.7 Å². The van der Waals surface area contributed by atoms with Gasteiger partial charge in [0.15, 0.2) is 18.1 Å². The van der Waals surface area contributed by atoms with Gasteiger partial charge in [-0.2, -0.15) is 0 Å². The monoisotopic (exact) mass is 563 g/mol. The highest BCUT2D eigenvalue weighted by atomic mass is 35.5. The highest BCUT2D eigenvalue weighted by Crippen LogP contribution is 2.34. The van der Waals surface area contributed by atoms with Crippen molar-refractivity contribution in [3.8, 4) is 17.2 Å². The van der Waals surface area contributed by atoms with Crippen LogP contribution >= 0.6 is 11.6 Å². The first-order valence-electron chi connectivity index (χ1n) is 12.3. The van der Waals surface area contributed by atoms with Gasteiger partial charge in [0.1, 0.15) is 11.3 Å². The summed E-state index contributed by atoms with van der Waals surface area (Å²) >= 11 is 6.08. The zero-order chi connectivity index (χ0) is 28.6. The second-order valence-electron chi connectivity index (χ2n) is 8.50. The number of amides is 5. The molecule has 1 aliphatic heterocycles. The smallest absolute Gasteiger partial charge is 0.335 e. The molecule has 3 aromatic carbocycles. The molecule has 1 heterocycles. The second kappa shape index (κ2) is 12.8. The van der Waals surface area contributed by atoms with Crippen molar-refractivity contribution in [2.45, 2.75) is 13.3 Å². The normalized spacial score (nSPS) is 14.1. The van der Waals surface area contributed by atoms with E-state index in [-0.39, 0.29) is 23.6 Å². The Morgan fingerprint density at radius 3 is 2.48 bits per heavy atom. The first-order chi connectivity index (χ1) is 19.3. The van der Waals surface area contributed by atoms with Crippen molar-refractivity contribution < 1.29 is 33.4 Å². The van der Waals surface area contributed by atoms with Crippen molar-refractivity contribution in [2.75, 3.05) is 30.5 Å². The quantitative estimate of drug-likeness (QED) is 0.268. The lowest BCUT2D eigenvalue weighted by Gasteiger charge is -2.27. The minimum Gasteiger partial charge on any atom is -0.493 e. The predicted molar refractivity (Wildman–Crippen MR) is 150 cm³/mol. The van der Waals surface area contributed by atoms with Gasteiger partial charge >= 0.3 is 6.03 Å². The molecule has 0 saturated carbocycles. The fraction of sp³-hybridized carbons (Fsp3) is 0.172. The molecule has 11 heteroatoms. The lowest BCUT2D eigenvalue weighted by Crippen LogP contribution is -2.54. The van der Waals surface area contributed by atoms with Crippen LogP contribution in [0, 0.1) is 0 Å². The number of para-hydroxylation sites is 2. The number of halogens is 1. The fourth-order valence-electron chi connectivity index (χ4n) is 3.80. The minimum absolute atomic E-state index is 0.183. The van der Waals surface area contributed by atoms with E-state index in [0.29, 0.717) is 34.4 Å². The van der Waals surface area contributed by atoms with E-state index in [1.54, 1.807) is 54.6 Å². The van der Waals surface area contributed by atoms with Crippen LogP contribution in [0.25, 0.3) is 6.08 Å². The Morgan fingerprint density at radius 2 is 1.73 bits per heavy atom. The van der Waals surface area contributed by atoms with Gasteiger partial charge in [-0.25, -0.2) is 9.69 Å². The number of nitrogens with zero attached hydrogens (tertiary/aromatic N) is 1. The van der Waals surface area contributed by atoms with E-state index in [0.717, 1.165) is 11.3 Å². The zero-order valence-corrected chi connectivity index (χ0v) is 22.5. The molecule has 1 aliphatic rings. The summed E-state index contributed by atoms with van der Waals surface area (Å²) in [7, 11) is 1.44. The molecule has 5 amide bonds. The largest absolute Gasteiger partial charge is 0.493 e. The summed E-state index contributed by atoms with van der Waals surface area (Å²) in [4.78, 5) is 52.0. The number of ether oxygens (including phenoxy) is 3. The molecular formula is C29H26ClN3O7. The number of carbonyl (C=O) groups is 4. The first-order valence-corrected chi connectivity index (χ1v) is 12.7. The highest BCUT2D eigenvalue weighted by molar-refractivity contribution is 6.39. The van der Waals surface area contributed by atoms with Gasteiger partial charge in [0.25, 0.3) is 17.7 Å². The number of carbonyl (C=O) groups excluding carboxylic acids is 4. The van der Waals surface area contributed by atoms with Crippen LogP contribution in [0.5, 0.6) is 17.2 Å². The van der Waals surface area contributed by atoms with Gasteiger partial charge < -0.3 is 19.5 Å². The summed E-state index contributed by atoms with van der Waals surface area (Å²) in [5.41, 5.74) is 0.662. The topological polar surface area (TPSA) is 123 Å². The van der Waals surface area contributed by atoms with E-state index < -0.39 is 23.8 Å². The molecule has 0 radical (unpaired) electrons. The molecule has 0 unspecified atom stereocenters. The maximum atomic E-state index is 13.4. The number of rotatable bonds is 10. The number of nitrogens with one attached hydrogen (secondary N) is 2. The molecule has 4 rings (SSSR count). The molecule has 0 spiro atoms. The predicted octanol–water partition coefficient (Wildman–Crippen LogP) is 4.82. The summed E-state index contributed by atoms with van der Waals surface area (Å²) in [6.07, 6.45) is 2.08. The van der Waals surface area contributed by atoms with Gasteiger partial charge in [-0.1, -0.05) is 48.9 Å². The van der Waals surface area contributed by atoms with Crippen molar-refractivity contribution in [1.82, 2.24) is 5.32 Å². The van der Waals surface area contributed by atoms with Crippen LogP contribution in [0.4, 0.5) is 16.2 Å². The Morgan fingerprint density at radius 1 is 0.975 bits per heavy atom. The molecule has 1 fully saturated rings. The number of benzene rings is 3. The lowest BCUT2D eigenvalue weighted by molar-refractivity contribution is -0.122. The van der Waals surface area contributed by atoms with E-state index >= 15 is 0 Å². The van der Waals surface area contributed by atoms with Crippen LogP contribution < -0.4 is 29.7 Å². The Bertz CT molecular complexity index is 1490. The maximum absolute atomic E-state index is 13.4. The zero-order valence-electron chi connectivity index (χ0n) is 21.7. The lowest BCUT2D eigenvalue weighted by atomic mass is 10.1. The van der Waals surface area contributed by atoms with Gasteiger partial charge in [0, 0.05) is 11.6 Å². The Balaban J connectivity index is 1.56. The highest BCUT2D eigenvalue weighted by Gasteiger charge is 2.37. The van der Waals surface area contributed by atoms with E-state index in [4.69, 9.17) is 25.8 Å². The van der Waals surface area contributed by atoms with Crippen LogP contribution in [0.15, 0.2) is 72.3 Å². The van der Waals surface area contributed by atoms with E-state index in [1.807, 2.05) is 6.92 Å². The molecule has 206 valence electrons. The Labute approximate surface area is 235 Å². The average molecular weight is 564 g/mol.